The number of pyridine rings is 1. The van der Waals surface area contributed by atoms with Gasteiger partial charge in [-0.05, 0) is 51.9 Å². The van der Waals surface area contributed by atoms with Gasteiger partial charge in [-0.3, -0.25) is 4.98 Å². The van der Waals surface area contributed by atoms with Gasteiger partial charge in [0.2, 0.25) is 0 Å². The summed E-state index contributed by atoms with van der Waals surface area (Å²) < 4.78 is 1.27. The number of rotatable bonds is 1. The molecule has 0 aliphatic heterocycles. The maximum atomic E-state index is 4.39. The highest BCUT2D eigenvalue weighted by atomic mass is 127. The molecule has 0 aliphatic carbocycles. The molecule has 0 saturated heterocycles. The number of hydrogen-bond donors (Lipinski definition) is 0. The molecular weight excluding hydrogens is 321 g/mol. The lowest BCUT2D eigenvalue weighted by Gasteiger charge is -2.07. The molecule has 2 aromatic carbocycles. The average molecular weight is 331 g/mol. The van der Waals surface area contributed by atoms with Crippen LogP contribution in [0.1, 0.15) is 0 Å². The van der Waals surface area contributed by atoms with Crippen molar-refractivity contribution in [2.75, 3.05) is 0 Å². The van der Waals surface area contributed by atoms with Crippen molar-refractivity contribution >= 4 is 33.5 Å². The van der Waals surface area contributed by atoms with Gasteiger partial charge in [0, 0.05) is 15.2 Å². The SMILES string of the molecule is Ic1ccccc1-c1ccnc2ccccc12. The monoisotopic (exact) mass is 331 g/mol. The number of hydrogen-bond acceptors (Lipinski definition) is 1. The summed E-state index contributed by atoms with van der Waals surface area (Å²) in [5.74, 6) is 0. The fourth-order valence-electron chi connectivity index (χ4n) is 2.01. The minimum Gasteiger partial charge on any atom is -0.256 e. The van der Waals surface area contributed by atoms with Crippen LogP contribution in [-0.2, 0) is 0 Å². The van der Waals surface area contributed by atoms with Crippen molar-refractivity contribution in [3.63, 3.8) is 0 Å². The Balaban J connectivity index is 2.35. The molecule has 0 amide bonds. The first-order valence-electron chi connectivity index (χ1n) is 5.45. The minimum atomic E-state index is 1.05. The predicted octanol–water partition coefficient (Wildman–Crippen LogP) is 4.51. The summed E-state index contributed by atoms with van der Waals surface area (Å²) in [7, 11) is 0. The Kier molecular flexibility index (Phi) is 2.81. The Morgan fingerprint density at radius 2 is 1.53 bits per heavy atom. The van der Waals surface area contributed by atoms with E-state index in [0.29, 0.717) is 0 Å². The van der Waals surface area contributed by atoms with Gasteiger partial charge in [0.25, 0.3) is 0 Å². The van der Waals surface area contributed by atoms with Crippen LogP contribution >= 0.6 is 22.6 Å². The van der Waals surface area contributed by atoms with Gasteiger partial charge in [-0.2, -0.15) is 0 Å². The van der Waals surface area contributed by atoms with Crippen LogP contribution in [0.5, 0.6) is 0 Å². The van der Waals surface area contributed by atoms with E-state index in [4.69, 9.17) is 0 Å². The molecule has 2 heteroatoms. The van der Waals surface area contributed by atoms with Crippen molar-refractivity contribution in [1.82, 2.24) is 4.98 Å². The van der Waals surface area contributed by atoms with E-state index in [1.54, 1.807) is 0 Å². The molecule has 0 radical (unpaired) electrons. The highest BCUT2D eigenvalue weighted by Gasteiger charge is 2.06. The molecule has 3 rings (SSSR count). The third-order valence-corrected chi connectivity index (χ3v) is 3.75. The van der Waals surface area contributed by atoms with Gasteiger partial charge in [-0.1, -0.05) is 36.4 Å². The molecule has 0 bridgehead atoms. The van der Waals surface area contributed by atoms with Crippen LogP contribution in [0.15, 0.2) is 60.8 Å². The van der Waals surface area contributed by atoms with Gasteiger partial charge in [0.15, 0.2) is 0 Å². The van der Waals surface area contributed by atoms with Crippen LogP contribution in [0.2, 0.25) is 0 Å². The fourth-order valence-corrected chi connectivity index (χ4v) is 2.69. The van der Waals surface area contributed by atoms with Gasteiger partial charge < -0.3 is 0 Å². The molecule has 3 aromatic rings. The van der Waals surface area contributed by atoms with Crippen molar-refractivity contribution < 1.29 is 0 Å². The molecule has 1 aromatic heterocycles. The van der Waals surface area contributed by atoms with E-state index in [1.165, 1.54) is 20.1 Å². The fraction of sp³-hybridized carbons (Fsp3) is 0. The van der Waals surface area contributed by atoms with Crippen molar-refractivity contribution in [1.29, 1.82) is 0 Å². The summed E-state index contributed by atoms with van der Waals surface area (Å²) in [5, 5.41) is 1.21. The quantitative estimate of drug-likeness (QED) is 0.598. The molecule has 0 atom stereocenters. The minimum absolute atomic E-state index is 1.05. The molecule has 0 fully saturated rings. The van der Waals surface area contributed by atoms with Crippen molar-refractivity contribution in [3.8, 4) is 11.1 Å². The maximum absolute atomic E-state index is 4.39. The van der Waals surface area contributed by atoms with E-state index in [9.17, 15) is 0 Å². The normalized spacial score (nSPS) is 10.6. The van der Waals surface area contributed by atoms with E-state index in [2.05, 4.69) is 76.1 Å². The van der Waals surface area contributed by atoms with Gasteiger partial charge in [-0.25, -0.2) is 0 Å². The smallest absolute Gasteiger partial charge is 0.0708 e. The van der Waals surface area contributed by atoms with Gasteiger partial charge in [0.05, 0.1) is 5.52 Å². The van der Waals surface area contributed by atoms with Crippen LogP contribution in [-0.4, -0.2) is 4.98 Å². The standard InChI is InChI=1S/C15H10IN/c16-14-7-3-1-5-12(14)11-9-10-17-15-8-4-2-6-13(11)15/h1-10H. The second-order valence-corrected chi connectivity index (χ2v) is 5.02. The lowest BCUT2D eigenvalue weighted by molar-refractivity contribution is 1.41. The number of halogens is 1. The third kappa shape index (κ3) is 1.93. The first-order chi connectivity index (χ1) is 8.36. The van der Waals surface area contributed by atoms with Crippen molar-refractivity contribution in [2.45, 2.75) is 0 Å². The van der Waals surface area contributed by atoms with Crippen LogP contribution < -0.4 is 0 Å². The van der Waals surface area contributed by atoms with Gasteiger partial charge >= 0.3 is 0 Å². The van der Waals surface area contributed by atoms with Crippen LogP contribution in [0.4, 0.5) is 0 Å². The largest absolute Gasteiger partial charge is 0.256 e. The molecule has 17 heavy (non-hydrogen) atoms. The number of nitrogens with zero attached hydrogens (tertiary/aromatic N) is 1. The molecule has 0 N–H and O–H groups in total. The number of aromatic nitrogens is 1. The zero-order valence-electron chi connectivity index (χ0n) is 9.10. The topological polar surface area (TPSA) is 12.9 Å². The van der Waals surface area contributed by atoms with E-state index in [-0.39, 0.29) is 0 Å². The molecule has 0 aliphatic rings. The van der Waals surface area contributed by atoms with Gasteiger partial charge in [0.1, 0.15) is 0 Å². The van der Waals surface area contributed by atoms with Crippen LogP contribution in [0, 0.1) is 3.57 Å². The maximum Gasteiger partial charge on any atom is 0.0708 e. The predicted molar refractivity (Wildman–Crippen MR) is 79.9 cm³/mol. The average Bonchev–Trinajstić information content (AvgIpc) is 2.39. The van der Waals surface area contributed by atoms with E-state index < -0.39 is 0 Å². The summed E-state index contributed by atoms with van der Waals surface area (Å²) in [5.41, 5.74) is 3.57. The Labute approximate surface area is 114 Å². The number of para-hydroxylation sites is 1. The Hall–Kier alpha value is -1.42. The molecule has 1 heterocycles. The molecular formula is C15H10IN. The first-order valence-corrected chi connectivity index (χ1v) is 6.53. The molecule has 1 nitrogen and oxygen atoms in total. The highest BCUT2D eigenvalue weighted by Crippen LogP contribution is 2.30. The Bertz CT molecular complexity index is 671. The number of fused-ring (bicyclic) bond motifs is 1. The molecule has 0 spiro atoms. The third-order valence-electron chi connectivity index (χ3n) is 2.81. The van der Waals surface area contributed by atoms with Crippen LogP contribution in [0.25, 0.3) is 22.0 Å². The van der Waals surface area contributed by atoms with Crippen LogP contribution in [0.3, 0.4) is 0 Å². The second-order valence-electron chi connectivity index (χ2n) is 3.86. The van der Waals surface area contributed by atoms with Crippen molar-refractivity contribution in [3.05, 3.63) is 64.4 Å². The molecule has 82 valence electrons. The Morgan fingerprint density at radius 3 is 2.41 bits per heavy atom. The van der Waals surface area contributed by atoms with E-state index >= 15 is 0 Å². The summed E-state index contributed by atoms with van der Waals surface area (Å²) in [6.45, 7) is 0. The summed E-state index contributed by atoms with van der Waals surface area (Å²) in [6, 6.07) is 18.8. The second kappa shape index (κ2) is 4.45. The zero-order valence-corrected chi connectivity index (χ0v) is 11.3. The lowest BCUT2D eigenvalue weighted by Crippen LogP contribution is -1.86. The molecule has 0 saturated carbocycles. The van der Waals surface area contributed by atoms with Gasteiger partial charge in [-0.15, -0.1) is 0 Å². The summed E-state index contributed by atoms with van der Waals surface area (Å²) >= 11 is 2.38. The lowest BCUT2D eigenvalue weighted by atomic mass is 10.0. The first kappa shape index (κ1) is 10.7. The van der Waals surface area contributed by atoms with Crippen molar-refractivity contribution in [2.24, 2.45) is 0 Å². The summed E-state index contributed by atoms with van der Waals surface area (Å²) in [6.07, 6.45) is 1.88. The summed E-state index contributed by atoms with van der Waals surface area (Å²) in [4.78, 5) is 4.39. The number of benzene rings is 2. The Morgan fingerprint density at radius 1 is 0.765 bits per heavy atom. The van der Waals surface area contributed by atoms with E-state index in [1.807, 2.05) is 12.3 Å². The molecule has 0 unspecified atom stereocenters. The highest BCUT2D eigenvalue weighted by molar-refractivity contribution is 14.1. The van der Waals surface area contributed by atoms with E-state index in [0.717, 1.165) is 5.52 Å². The zero-order chi connectivity index (χ0) is 11.7.